The summed E-state index contributed by atoms with van der Waals surface area (Å²) in [5.41, 5.74) is -0.244. The second-order valence-electron chi connectivity index (χ2n) is 8.61. The van der Waals surface area contributed by atoms with Crippen molar-refractivity contribution < 1.29 is 14.0 Å². The molecule has 0 bridgehead atoms. The first kappa shape index (κ1) is 24.8. The largest absolute Gasteiger partial charge is 0.352 e. The van der Waals surface area contributed by atoms with E-state index in [-0.39, 0.29) is 39.9 Å². The molecule has 0 saturated carbocycles. The van der Waals surface area contributed by atoms with Gasteiger partial charge >= 0.3 is 5.69 Å². The van der Waals surface area contributed by atoms with Gasteiger partial charge in [0.1, 0.15) is 12.4 Å². The fourth-order valence-corrected chi connectivity index (χ4v) is 3.90. The molecule has 0 aliphatic rings. The first-order valence-electron chi connectivity index (χ1n) is 11.8. The number of anilines is 1. The average Bonchev–Trinajstić information content (AvgIpc) is 3.16. The van der Waals surface area contributed by atoms with E-state index in [1.54, 1.807) is 6.07 Å². The minimum atomic E-state index is -0.645. The Balaban J connectivity index is 1.82. The molecular weight excluding hydrogens is 467 g/mol. The molecule has 4 aromatic rings. The number of benzene rings is 2. The molecule has 0 aliphatic carbocycles. The van der Waals surface area contributed by atoms with E-state index < -0.39 is 24.0 Å². The van der Waals surface area contributed by atoms with Gasteiger partial charge in [0.2, 0.25) is 11.7 Å². The number of aryl methyl sites for hydroxylation is 1. The Labute approximate surface area is 205 Å². The van der Waals surface area contributed by atoms with Crippen molar-refractivity contribution in [3.63, 3.8) is 0 Å². The topological polar surface area (TPSA) is 120 Å². The van der Waals surface area contributed by atoms with Crippen LogP contribution >= 0.6 is 0 Å². The van der Waals surface area contributed by atoms with Gasteiger partial charge in [0.25, 0.3) is 11.5 Å². The summed E-state index contributed by atoms with van der Waals surface area (Å²) in [6.45, 7) is 5.57. The van der Waals surface area contributed by atoms with Crippen LogP contribution in [0.3, 0.4) is 0 Å². The van der Waals surface area contributed by atoms with Crippen molar-refractivity contribution in [2.75, 3.05) is 5.32 Å². The first-order chi connectivity index (χ1) is 17.2. The first-order valence-corrected chi connectivity index (χ1v) is 11.8. The van der Waals surface area contributed by atoms with Crippen LogP contribution in [0.4, 0.5) is 10.1 Å². The van der Waals surface area contributed by atoms with Crippen LogP contribution in [0.15, 0.2) is 52.1 Å². The van der Waals surface area contributed by atoms with Crippen molar-refractivity contribution in [1.82, 2.24) is 24.1 Å². The molecule has 2 aromatic heterocycles. The van der Waals surface area contributed by atoms with Crippen LogP contribution in [0.25, 0.3) is 16.7 Å². The number of hydrogen-bond donors (Lipinski definition) is 2. The molecule has 4 rings (SSSR count). The Bertz CT molecular complexity index is 1590. The van der Waals surface area contributed by atoms with Crippen LogP contribution in [0.5, 0.6) is 0 Å². The van der Waals surface area contributed by atoms with Crippen LogP contribution < -0.4 is 21.9 Å². The third-order valence-corrected chi connectivity index (χ3v) is 5.88. The van der Waals surface area contributed by atoms with Gasteiger partial charge in [0.15, 0.2) is 0 Å². The lowest BCUT2D eigenvalue weighted by Gasteiger charge is -2.13. The summed E-state index contributed by atoms with van der Waals surface area (Å²) in [7, 11) is 0. The zero-order valence-electron chi connectivity index (χ0n) is 20.2. The lowest BCUT2D eigenvalue weighted by atomic mass is 10.1. The van der Waals surface area contributed by atoms with E-state index in [4.69, 9.17) is 0 Å². The quantitative estimate of drug-likeness (QED) is 0.390. The molecule has 10 nitrogen and oxygen atoms in total. The summed E-state index contributed by atoms with van der Waals surface area (Å²) in [4.78, 5) is 51.9. The van der Waals surface area contributed by atoms with Crippen molar-refractivity contribution in [3.05, 3.63) is 74.7 Å². The third-order valence-electron chi connectivity index (χ3n) is 5.88. The summed E-state index contributed by atoms with van der Waals surface area (Å²) >= 11 is 0. The molecule has 0 fully saturated rings. The Morgan fingerprint density at radius 1 is 1.11 bits per heavy atom. The van der Waals surface area contributed by atoms with Crippen molar-refractivity contribution in [3.8, 4) is 0 Å². The molecule has 0 spiro atoms. The summed E-state index contributed by atoms with van der Waals surface area (Å²) in [5.74, 6) is -1.36. The van der Waals surface area contributed by atoms with Crippen molar-refractivity contribution >= 4 is 34.2 Å². The number of amides is 2. The zero-order valence-corrected chi connectivity index (χ0v) is 20.2. The fraction of sp³-hybridized carbons (Fsp3) is 0.320. The monoisotopic (exact) mass is 494 g/mol. The smallest absolute Gasteiger partial charge is 0.350 e. The molecule has 2 amide bonds. The van der Waals surface area contributed by atoms with Gasteiger partial charge in [0.05, 0.1) is 10.9 Å². The van der Waals surface area contributed by atoms with Crippen LogP contribution in [0.1, 0.15) is 44.0 Å². The molecule has 1 atom stereocenters. The molecule has 1 unspecified atom stereocenters. The number of halogens is 1. The summed E-state index contributed by atoms with van der Waals surface area (Å²) < 4.78 is 17.0. The minimum absolute atomic E-state index is 0.0483. The van der Waals surface area contributed by atoms with E-state index in [0.717, 1.165) is 17.2 Å². The second-order valence-corrected chi connectivity index (χ2v) is 8.61. The molecular formula is C25H27FN6O4. The molecule has 188 valence electrons. The van der Waals surface area contributed by atoms with E-state index in [9.17, 15) is 23.6 Å². The SMILES string of the molecule is CCCn1c(=O)c2ccc(C(=O)NC(C)CC)cc2n2c(=O)n(CC(=O)Nc3cccc(F)c3)nc12. The number of aromatic nitrogens is 4. The van der Waals surface area contributed by atoms with Crippen LogP contribution in [0, 0.1) is 5.82 Å². The van der Waals surface area contributed by atoms with Gasteiger partial charge in [-0.15, -0.1) is 5.10 Å². The third kappa shape index (κ3) is 4.77. The average molecular weight is 495 g/mol. The molecule has 0 saturated heterocycles. The Kier molecular flexibility index (Phi) is 7.00. The van der Waals surface area contributed by atoms with Crippen LogP contribution in [-0.4, -0.2) is 36.6 Å². The maximum Gasteiger partial charge on any atom is 0.352 e. The van der Waals surface area contributed by atoms with Crippen LogP contribution in [0.2, 0.25) is 0 Å². The van der Waals surface area contributed by atoms with Crippen molar-refractivity contribution in [1.29, 1.82) is 0 Å². The van der Waals surface area contributed by atoms with Gasteiger partial charge in [0, 0.05) is 23.8 Å². The molecule has 2 heterocycles. The number of fused-ring (bicyclic) bond motifs is 3. The zero-order chi connectivity index (χ0) is 26.0. The molecule has 36 heavy (non-hydrogen) atoms. The lowest BCUT2D eigenvalue weighted by molar-refractivity contribution is -0.117. The number of nitrogens with one attached hydrogen (secondary N) is 2. The van der Waals surface area contributed by atoms with Crippen LogP contribution in [-0.2, 0) is 17.9 Å². The minimum Gasteiger partial charge on any atom is -0.350 e. The van der Waals surface area contributed by atoms with Gasteiger partial charge in [-0.25, -0.2) is 18.3 Å². The highest BCUT2D eigenvalue weighted by Crippen LogP contribution is 2.15. The van der Waals surface area contributed by atoms with E-state index >= 15 is 0 Å². The fourth-order valence-electron chi connectivity index (χ4n) is 3.90. The van der Waals surface area contributed by atoms with E-state index in [2.05, 4.69) is 15.7 Å². The van der Waals surface area contributed by atoms with Crippen molar-refractivity contribution in [2.45, 2.75) is 52.7 Å². The number of hydrogen-bond acceptors (Lipinski definition) is 5. The number of nitrogens with zero attached hydrogens (tertiary/aromatic N) is 4. The molecule has 2 N–H and O–H groups in total. The normalized spacial score (nSPS) is 12.1. The summed E-state index contributed by atoms with van der Waals surface area (Å²) in [6, 6.07) is 9.88. The molecule has 11 heteroatoms. The highest BCUT2D eigenvalue weighted by molar-refractivity contribution is 5.98. The Morgan fingerprint density at radius 3 is 2.58 bits per heavy atom. The summed E-state index contributed by atoms with van der Waals surface area (Å²) in [6.07, 6.45) is 1.35. The van der Waals surface area contributed by atoms with Gasteiger partial charge < -0.3 is 10.6 Å². The number of rotatable bonds is 8. The van der Waals surface area contributed by atoms with Gasteiger partial charge in [-0.1, -0.05) is 19.9 Å². The highest BCUT2D eigenvalue weighted by atomic mass is 19.1. The van der Waals surface area contributed by atoms with E-state index in [0.29, 0.717) is 18.5 Å². The maximum atomic E-state index is 13.4. The predicted octanol–water partition coefficient (Wildman–Crippen LogP) is 2.53. The lowest BCUT2D eigenvalue weighted by Crippen LogP contribution is -2.32. The number of carbonyl (C=O) groups is 2. The molecule has 0 radical (unpaired) electrons. The Hall–Kier alpha value is -4.28. The molecule has 2 aromatic carbocycles. The van der Waals surface area contributed by atoms with Gasteiger partial charge in [-0.2, -0.15) is 0 Å². The standard InChI is InChI=1S/C25H27FN6O4/c1-4-11-30-23(35)19-10-9-16(22(34)27-15(3)5-2)12-20(19)32-24(30)29-31(25(32)36)14-21(33)28-18-8-6-7-17(26)13-18/h6-10,12-13,15H,4-5,11,14H2,1-3H3,(H,27,34)(H,28,33). The van der Waals surface area contributed by atoms with E-state index in [1.165, 1.54) is 39.3 Å². The Morgan fingerprint density at radius 2 is 1.89 bits per heavy atom. The highest BCUT2D eigenvalue weighted by Gasteiger charge is 2.20. The predicted molar refractivity (Wildman–Crippen MR) is 134 cm³/mol. The van der Waals surface area contributed by atoms with E-state index in [1.807, 2.05) is 20.8 Å². The van der Waals surface area contributed by atoms with Gasteiger partial charge in [-0.3, -0.25) is 19.0 Å². The van der Waals surface area contributed by atoms with Crippen molar-refractivity contribution in [2.24, 2.45) is 0 Å². The second kappa shape index (κ2) is 10.1. The number of carbonyl (C=O) groups excluding carboxylic acids is 2. The molecule has 0 aliphatic heterocycles. The van der Waals surface area contributed by atoms with Gasteiger partial charge in [-0.05, 0) is 56.2 Å². The summed E-state index contributed by atoms with van der Waals surface area (Å²) in [5, 5.41) is 9.92. The maximum absolute atomic E-state index is 13.4.